The molecule has 1 amide bonds. The largest absolute Gasteiger partial charge is 0.493 e. The second-order valence-corrected chi connectivity index (χ2v) is 12.6. The van der Waals surface area contributed by atoms with Crippen LogP contribution >= 0.6 is 0 Å². The maximum Gasteiger partial charge on any atom is 0.281 e. The highest BCUT2D eigenvalue weighted by molar-refractivity contribution is 7.90. The van der Waals surface area contributed by atoms with Crippen LogP contribution in [0.2, 0.25) is 0 Å². The van der Waals surface area contributed by atoms with Crippen molar-refractivity contribution in [2.75, 3.05) is 30.3 Å². The number of nitrogens with two attached hydrogens (primary N) is 1. The van der Waals surface area contributed by atoms with Gasteiger partial charge in [0.1, 0.15) is 23.2 Å². The Morgan fingerprint density at radius 1 is 1.07 bits per heavy atom. The number of aromatic nitrogens is 2. The van der Waals surface area contributed by atoms with Crippen molar-refractivity contribution in [3.8, 4) is 17.0 Å². The van der Waals surface area contributed by atoms with Crippen molar-refractivity contribution in [2.24, 2.45) is 5.92 Å². The van der Waals surface area contributed by atoms with Crippen molar-refractivity contribution in [3.63, 3.8) is 0 Å². The first-order chi connectivity index (χ1) is 20.6. The smallest absolute Gasteiger partial charge is 0.281 e. The van der Waals surface area contributed by atoms with Gasteiger partial charge in [-0.1, -0.05) is 50.2 Å². The lowest BCUT2D eigenvalue weighted by molar-refractivity contribution is 0.0981. The number of nitrogen functional groups attached to an aromatic ring is 1. The van der Waals surface area contributed by atoms with Crippen LogP contribution in [-0.2, 0) is 10.0 Å². The number of carbonyl (C=O) groups is 1. The molecule has 224 valence electrons. The molecule has 1 fully saturated rings. The summed E-state index contributed by atoms with van der Waals surface area (Å²) in [4.78, 5) is 24.2. The average molecular weight is 604 g/mol. The second kappa shape index (κ2) is 12.8. The lowest BCUT2D eigenvalue weighted by Crippen LogP contribution is -2.38. The molecule has 0 saturated carbocycles. The van der Waals surface area contributed by atoms with Gasteiger partial charge >= 0.3 is 0 Å². The molecule has 1 aliphatic heterocycles. The lowest BCUT2D eigenvalue weighted by Gasteiger charge is -2.35. The number of piperidine rings is 1. The van der Waals surface area contributed by atoms with Crippen LogP contribution in [0.1, 0.15) is 48.5 Å². The topological polar surface area (TPSA) is 128 Å². The Kier molecular flexibility index (Phi) is 8.91. The molecule has 0 radical (unpaired) electrons. The number of anilines is 2. The molecule has 3 heterocycles. The first-order valence-corrected chi connectivity index (χ1v) is 15.6. The summed E-state index contributed by atoms with van der Waals surface area (Å²) < 4.78 is 48.6. The molecule has 4 aromatic rings. The van der Waals surface area contributed by atoms with Gasteiger partial charge in [-0.2, -0.15) is 8.42 Å². The van der Waals surface area contributed by atoms with Crippen molar-refractivity contribution in [1.82, 2.24) is 14.7 Å². The minimum atomic E-state index is -4.32. The maximum absolute atomic E-state index is 14.7. The summed E-state index contributed by atoms with van der Waals surface area (Å²) in [6, 6.07) is 21.7. The standard InChI is InChI=1S/C32H34FN5O4S/c1-21(2)20-42-26-17-24(16-25(33)18-26)28-14-13-27(32(39)37-43(40,41)30-12-6-11-29(34)36-30)31(35-28)38-15-7-10-23(19-38)22-8-4-3-5-9-22/h3-6,8-9,11-14,16-18,21,23H,7,10,15,19-20H2,1-2H3,(H2,34,36)(H,37,39)/t23-/m0/s1. The third kappa shape index (κ3) is 7.29. The summed E-state index contributed by atoms with van der Waals surface area (Å²) >= 11 is 0. The number of carbonyl (C=O) groups excluding carboxylic acids is 1. The Balaban J connectivity index is 1.53. The van der Waals surface area contributed by atoms with Crippen molar-refractivity contribution < 1.29 is 22.3 Å². The first kappa shape index (κ1) is 30.0. The van der Waals surface area contributed by atoms with Crippen LogP contribution < -0.4 is 20.1 Å². The van der Waals surface area contributed by atoms with Gasteiger partial charge in [0.05, 0.1) is 17.9 Å². The van der Waals surface area contributed by atoms with Gasteiger partial charge in [0.25, 0.3) is 15.9 Å². The number of sulfonamides is 1. The quantitative estimate of drug-likeness (QED) is 0.260. The molecule has 43 heavy (non-hydrogen) atoms. The van der Waals surface area contributed by atoms with Gasteiger partial charge in [-0.3, -0.25) is 4.79 Å². The lowest BCUT2D eigenvalue weighted by atomic mass is 9.90. The summed E-state index contributed by atoms with van der Waals surface area (Å²) in [5, 5.41) is -0.372. The number of rotatable bonds is 9. The van der Waals surface area contributed by atoms with E-state index in [0.29, 0.717) is 42.5 Å². The predicted molar refractivity (Wildman–Crippen MR) is 164 cm³/mol. The molecule has 0 bridgehead atoms. The number of benzene rings is 2. The van der Waals surface area contributed by atoms with Crippen LogP contribution in [0.3, 0.4) is 0 Å². The van der Waals surface area contributed by atoms with Gasteiger partial charge < -0.3 is 15.4 Å². The zero-order chi connectivity index (χ0) is 30.6. The van der Waals surface area contributed by atoms with Crippen LogP contribution in [-0.4, -0.2) is 44.0 Å². The van der Waals surface area contributed by atoms with E-state index in [4.69, 9.17) is 15.5 Å². The van der Waals surface area contributed by atoms with E-state index in [9.17, 15) is 17.6 Å². The third-order valence-corrected chi connectivity index (χ3v) is 8.34. The number of halogens is 1. The minimum absolute atomic E-state index is 0.00846. The van der Waals surface area contributed by atoms with E-state index in [1.807, 2.05) is 36.9 Å². The van der Waals surface area contributed by atoms with Crippen molar-refractivity contribution >= 4 is 27.6 Å². The zero-order valence-electron chi connectivity index (χ0n) is 24.0. The fraction of sp³-hybridized carbons (Fsp3) is 0.281. The molecule has 5 rings (SSSR count). The van der Waals surface area contributed by atoms with E-state index in [0.717, 1.165) is 12.8 Å². The Morgan fingerprint density at radius 2 is 1.86 bits per heavy atom. The molecular weight excluding hydrogens is 569 g/mol. The van der Waals surface area contributed by atoms with Crippen LogP contribution in [0.25, 0.3) is 11.3 Å². The van der Waals surface area contributed by atoms with Crippen molar-refractivity contribution in [2.45, 2.75) is 37.6 Å². The fourth-order valence-electron chi connectivity index (χ4n) is 5.06. The predicted octanol–water partition coefficient (Wildman–Crippen LogP) is 5.40. The van der Waals surface area contributed by atoms with Gasteiger partial charge in [0.2, 0.25) is 0 Å². The van der Waals surface area contributed by atoms with Gasteiger partial charge in [-0.25, -0.2) is 19.1 Å². The third-order valence-electron chi connectivity index (χ3n) is 7.11. The van der Waals surface area contributed by atoms with E-state index in [2.05, 4.69) is 21.8 Å². The van der Waals surface area contributed by atoms with Crippen LogP contribution in [0.5, 0.6) is 5.75 Å². The van der Waals surface area contributed by atoms with Gasteiger partial charge in [-0.15, -0.1) is 0 Å². The Hall–Kier alpha value is -4.51. The van der Waals surface area contributed by atoms with E-state index < -0.39 is 21.7 Å². The van der Waals surface area contributed by atoms with E-state index in [-0.39, 0.29) is 28.2 Å². The van der Waals surface area contributed by atoms with E-state index in [1.54, 1.807) is 12.1 Å². The summed E-state index contributed by atoms with van der Waals surface area (Å²) in [6.45, 7) is 5.60. The van der Waals surface area contributed by atoms with Crippen LogP contribution in [0.15, 0.2) is 83.9 Å². The van der Waals surface area contributed by atoms with Crippen molar-refractivity contribution in [1.29, 1.82) is 0 Å². The highest BCUT2D eigenvalue weighted by atomic mass is 32.2. The number of hydrogen-bond donors (Lipinski definition) is 2. The normalized spacial score (nSPS) is 15.3. The first-order valence-electron chi connectivity index (χ1n) is 14.1. The number of ether oxygens (including phenoxy) is 1. The average Bonchev–Trinajstić information content (AvgIpc) is 3.00. The Bertz CT molecular complexity index is 1720. The molecule has 2 aromatic carbocycles. The Morgan fingerprint density at radius 3 is 2.60 bits per heavy atom. The number of pyridine rings is 2. The van der Waals surface area contributed by atoms with Crippen LogP contribution in [0, 0.1) is 11.7 Å². The molecule has 3 N–H and O–H groups in total. The van der Waals surface area contributed by atoms with E-state index in [1.165, 1.54) is 42.0 Å². The molecular formula is C32H34FN5O4S. The number of nitrogens with one attached hydrogen (secondary N) is 1. The minimum Gasteiger partial charge on any atom is -0.493 e. The Labute approximate surface area is 251 Å². The molecule has 1 aliphatic rings. The fourth-order valence-corrected chi connectivity index (χ4v) is 6.00. The summed E-state index contributed by atoms with van der Waals surface area (Å²) in [5.41, 5.74) is 7.79. The van der Waals surface area contributed by atoms with Crippen LogP contribution in [0.4, 0.5) is 16.0 Å². The molecule has 0 aliphatic carbocycles. The summed E-state index contributed by atoms with van der Waals surface area (Å²) in [6.07, 6.45) is 1.79. The number of hydrogen-bond acceptors (Lipinski definition) is 8. The second-order valence-electron chi connectivity index (χ2n) is 11.0. The summed E-state index contributed by atoms with van der Waals surface area (Å²) in [5.74, 6) is -0.220. The number of amides is 1. The molecule has 11 heteroatoms. The van der Waals surface area contributed by atoms with E-state index >= 15 is 0 Å². The molecule has 0 unspecified atom stereocenters. The maximum atomic E-state index is 14.7. The SMILES string of the molecule is CC(C)COc1cc(F)cc(-c2ccc(C(=O)NS(=O)(=O)c3cccc(N)n3)c(N3CCC[C@H](c4ccccc4)C3)n2)c1. The molecule has 1 saturated heterocycles. The van der Waals surface area contributed by atoms with Gasteiger partial charge in [-0.05, 0) is 60.7 Å². The molecule has 9 nitrogen and oxygen atoms in total. The highest BCUT2D eigenvalue weighted by Crippen LogP contribution is 2.33. The summed E-state index contributed by atoms with van der Waals surface area (Å²) in [7, 11) is -4.32. The highest BCUT2D eigenvalue weighted by Gasteiger charge is 2.29. The zero-order valence-corrected chi connectivity index (χ0v) is 24.9. The molecule has 1 atom stereocenters. The monoisotopic (exact) mass is 603 g/mol. The number of nitrogens with zero attached hydrogens (tertiary/aromatic N) is 3. The molecule has 0 spiro atoms. The van der Waals surface area contributed by atoms with Gasteiger partial charge in [0.15, 0.2) is 5.03 Å². The van der Waals surface area contributed by atoms with Gasteiger partial charge in [0, 0.05) is 30.6 Å². The molecule has 2 aromatic heterocycles. The van der Waals surface area contributed by atoms with Crippen molar-refractivity contribution in [3.05, 3.63) is 95.8 Å².